The molecule has 5 nitrogen and oxygen atoms in total. The molecule has 0 bridgehead atoms. The van der Waals surface area contributed by atoms with Crippen LogP contribution >= 0.6 is 0 Å². The van der Waals surface area contributed by atoms with Crippen molar-refractivity contribution < 1.29 is 13.2 Å². The fourth-order valence-electron chi connectivity index (χ4n) is 2.89. The van der Waals surface area contributed by atoms with Crippen molar-refractivity contribution in [2.24, 2.45) is 0 Å². The Morgan fingerprint density at radius 2 is 1.37 bits per heavy atom. The van der Waals surface area contributed by atoms with E-state index >= 15 is 0 Å². The van der Waals surface area contributed by atoms with Gasteiger partial charge in [-0.25, -0.2) is 8.42 Å². The van der Waals surface area contributed by atoms with Gasteiger partial charge in [-0.1, -0.05) is 78.9 Å². The molecule has 154 valence electrons. The predicted octanol–water partition coefficient (Wildman–Crippen LogP) is 4.15. The van der Waals surface area contributed by atoms with E-state index in [0.29, 0.717) is 5.69 Å². The summed E-state index contributed by atoms with van der Waals surface area (Å²) in [7, 11) is -2.18. The van der Waals surface area contributed by atoms with Gasteiger partial charge in [0.25, 0.3) is 0 Å². The summed E-state index contributed by atoms with van der Waals surface area (Å²) >= 11 is 0. The summed E-state index contributed by atoms with van der Waals surface area (Å²) in [6.45, 7) is -0.154. The number of hydrogen-bond donors (Lipinski definition) is 0. The number of nitrogens with zero attached hydrogens (tertiary/aromatic N) is 2. The molecule has 1 amide bonds. The van der Waals surface area contributed by atoms with Crippen LogP contribution in [-0.2, 0) is 21.4 Å². The Morgan fingerprint density at radius 3 is 1.97 bits per heavy atom. The Labute approximate surface area is 177 Å². The number of para-hydroxylation sites is 1. The van der Waals surface area contributed by atoms with Crippen LogP contribution in [0.2, 0.25) is 0 Å². The smallest absolute Gasteiger partial charge is 0.242 e. The molecule has 0 N–H and O–H groups in total. The molecule has 0 spiro atoms. The fraction of sp³-hybridized carbons (Fsp3) is 0.125. The molecule has 0 aliphatic carbocycles. The summed E-state index contributed by atoms with van der Waals surface area (Å²) in [6.07, 6.45) is 1.54. The molecule has 0 fully saturated rings. The van der Waals surface area contributed by atoms with Crippen molar-refractivity contribution in [1.82, 2.24) is 4.31 Å². The zero-order valence-corrected chi connectivity index (χ0v) is 17.6. The van der Waals surface area contributed by atoms with Crippen LogP contribution in [0.3, 0.4) is 0 Å². The van der Waals surface area contributed by atoms with Crippen molar-refractivity contribution in [3.63, 3.8) is 0 Å². The lowest BCUT2D eigenvalue weighted by molar-refractivity contribution is -0.118. The highest BCUT2D eigenvalue weighted by Crippen LogP contribution is 2.16. The number of hydrogen-bond acceptors (Lipinski definition) is 3. The van der Waals surface area contributed by atoms with E-state index in [1.165, 1.54) is 9.21 Å². The number of amides is 1. The molecule has 0 atom stereocenters. The monoisotopic (exact) mass is 420 g/mol. The third kappa shape index (κ3) is 5.89. The van der Waals surface area contributed by atoms with Gasteiger partial charge in [0.2, 0.25) is 15.9 Å². The Kier molecular flexibility index (Phi) is 7.17. The highest BCUT2D eigenvalue weighted by molar-refractivity contribution is 7.92. The fourth-order valence-corrected chi connectivity index (χ4v) is 4.01. The maximum atomic E-state index is 13.1. The van der Waals surface area contributed by atoms with Gasteiger partial charge in [-0.05, 0) is 29.3 Å². The molecule has 0 aliphatic rings. The minimum absolute atomic E-state index is 0.108. The normalized spacial score (nSPS) is 11.7. The number of rotatable bonds is 8. The molecule has 3 aromatic rings. The van der Waals surface area contributed by atoms with E-state index in [0.717, 1.165) is 16.5 Å². The Hall–Kier alpha value is -3.22. The summed E-state index contributed by atoms with van der Waals surface area (Å²) in [5.74, 6) is -0.311. The second-order valence-electron chi connectivity index (χ2n) is 6.80. The largest absolute Gasteiger partial charge is 0.314 e. The first kappa shape index (κ1) is 21.5. The number of anilines is 1. The molecule has 0 heterocycles. The van der Waals surface area contributed by atoms with Gasteiger partial charge < -0.3 is 4.90 Å². The molecule has 3 aromatic carbocycles. The average molecular weight is 421 g/mol. The SMILES string of the molecule is CN(C(=O)CN(Cc1ccccc1)S(=O)(=O)/C=C/c1ccccc1)c1ccccc1. The van der Waals surface area contributed by atoms with E-state index in [9.17, 15) is 13.2 Å². The standard InChI is InChI=1S/C24H24N2O3S/c1-25(23-15-9-4-10-16-23)24(27)20-26(19-22-13-7-3-8-14-22)30(28,29)18-17-21-11-5-2-6-12-21/h2-18H,19-20H2,1H3/b18-17+. The second-order valence-corrected chi connectivity index (χ2v) is 8.62. The van der Waals surface area contributed by atoms with Crippen LogP contribution in [0.25, 0.3) is 6.08 Å². The van der Waals surface area contributed by atoms with Crippen LogP contribution in [0.15, 0.2) is 96.4 Å². The maximum Gasteiger partial charge on any atom is 0.242 e. The molecule has 0 saturated carbocycles. The van der Waals surface area contributed by atoms with Gasteiger partial charge in [0, 0.05) is 24.7 Å². The molecule has 0 aromatic heterocycles. The summed E-state index contributed by atoms with van der Waals surface area (Å²) in [5, 5.41) is 1.15. The van der Waals surface area contributed by atoms with Crippen LogP contribution in [0.1, 0.15) is 11.1 Å². The Morgan fingerprint density at radius 1 is 0.833 bits per heavy atom. The van der Waals surface area contributed by atoms with Crippen LogP contribution in [-0.4, -0.2) is 32.2 Å². The molecular weight excluding hydrogens is 396 g/mol. The Balaban J connectivity index is 1.84. The summed E-state index contributed by atoms with van der Waals surface area (Å²) in [6, 6.07) is 27.6. The minimum atomic E-state index is -3.82. The third-order valence-corrected chi connectivity index (χ3v) is 6.08. The molecular formula is C24H24N2O3S. The first-order valence-corrected chi connectivity index (χ1v) is 11.0. The van der Waals surface area contributed by atoms with Gasteiger partial charge in [-0.2, -0.15) is 4.31 Å². The van der Waals surface area contributed by atoms with E-state index in [2.05, 4.69) is 0 Å². The first-order chi connectivity index (χ1) is 14.5. The van der Waals surface area contributed by atoms with E-state index in [4.69, 9.17) is 0 Å². The second kappa shape index (κ2) is 10.0. The molecule has 6 heteroatoms. The van der Waals surface area contributed by atoms with E-state index in [1.807, 2.05) is 91.0 Å². The van der Waals surface area contributed by atoms with Crippen molar-refractivity contribution in [3.05, 3.63) is 108 Å². The van der Waals surface area contributed by atoms with Crippen LogP contribution in [0, 0.1) is 0 Å². The quantitative estimate of drug-likeness (QED) is 0.550. The van der Waals surface area contributed by atoms with Gasteiger partial charge in [0.15, 0.2) is 0 Å². The van der Waals surface area contributed by atoms with Gasteiger partial charge in [0.1, 0.15) is 0 Å². The van der Waals surface area contributed by atoms with Gasteiger partial charge in [-0.15, -0.1) is 0 Å². The highest BCUT2D eigenvalue weighted by atomic mass is 32.2. The lowest BCUT2D eigenvalue weighted by atomic mass is 10.2. The molecule has 0 radical (unpaired) electrons. The third-order valence-electron chi connectivity index (χ3n) is 4.62. The number of likely N-dealkylation sites (N-methyl/N-ethyl adjacent to an activating group) is 1. The molecule has 0 saturated heterocycles. The summed E-state index contributed by atoms with van der Waals surface area (Å²) < 4.78 is 27.3. The lowest BCUT2D eigenvalue weighted by Crippen LogP contribution is -2.40. The Bertz CT molecular complexity index is 1080. The van der Waals surface area contributed by atoms with Gasteiger partial charge >= 0.3 is 0 Å². The summed E-state index contributed by atoms with van der Waals surface area (Å²) in [5.41, 5.74) is 2.29. The van der Waals surface area contributed by atoms with E-state index in [-0.39, 0.29) is 19.0 Å². The highest BCUT2D eigenvalue weighted by Gasteiger charge is 2.24. The number of carbonyl (C=O) groups is 1. The molecule has 30 heavy (non-hydrogen) atoms. The van der Waals surface area contributed by atoms with Crippen LogP contribution in [0.4, 0.5) is 5.69 Å². The van der Waals surface area contributed by atoms with Gasteiger partial charge in [-0.3, -0.25) is 4.79 Å². The lowest BCUT2D eigenvalue weighted by Gasteiger charge is -2.24. The van der Waals surface area contributed by atoms with Crippen molar-refractivity contribution in [2.75, 3.05) is 18.5 Å². The zero-order valence-electron chi connectivity index (χ0n) is 16.8. The van der Waals surface area contributed by atoms with E-state index < -0.39 is 10.0 Å². The number of benzene rings is 3. The van der Waals surface area contributed by atoms with Crippen LogP contribution in [0.5, 0.6) is 0 Å². The number of sulfonamides is 1. The van der Waals surface area contributed by atoms with E-state index in [1.54, 1.807) is 13.1 Å². The van der Waals surface area contributed by atoms with Crippen molar-refractivity contribution in [1.29, 1.82) is 0 Å². The molecule has 0 unspecified atom stereocenters. The minimum Gasteiger partial charge on any atom is -0.314 e. The van der Waals surface area contributed by atoms with Gasteiger partial charge in [0.05, 0.1) is 6.54 Å². The topological polar surface area (TPSA) is 57.7 Å². The molecule has 0 aliphatic heterocycles. The van der Waals surface area contributed by atoms with Crippen LogP contribution < -0.4 is 4.90 Å². The average Bonchev–Trinajstić information content (AvgIpc) is 2.79. The maximum absolute atomic E-state index is 13.1. The van der Waals surface area contributed by atoms with Crippen molar-refractivity contribution in [3.8, 4) is 0 Å². The van der Waals surface area contributed by atoms with Crippen molar-refractivity contribution >= 4 is 27.7 Å². The molecule has 3 rings (SSSR count). The number of carbonyl (C=O) groups excluding carboxylic acids is 1. The summed E-state index contributed by atoms with van der Waals surface area (Å²) in [4.78, 5) is 14.3. The zero-order chi connectivity index (χ0) is 21.4. The first-order valence-electron chi connectivity index (χ1n) is 9.54. The predicted molar refractivity (Wildman–Crippen MR) is 121 cm³/mol. The van der Waals surface area contributed by atoms with Crippen molar-refractivity contribution in [2.45, 2.75) is 6.54 Å².